The zero-order valence-corrected chi connectivity index (χ0v) is 20.2. The Hall–Kier alpha value is -2.33. The summed E-state index contributed by atoms with van der Waals surface area (Å²) in [4.78, 5) is 11.4. The van der Waals surface area contributed by atoms with E-state index in [0.29, 0.717) is 18.3 Å². The molecule has 0 bridgehead atoms. The molecule has 2 heterocycles. The van der Waals surface area contributed by atoms with Crippen molar-refractivity contribution in [2.75, 3.05) is 32.1 Å². The second-order valence-electron chi connectivity index (χ2n) is 7.35. The van der Waals surface area contributed by atoms with Crippen molar-refractivity contribution in [2.24, 2.45) is 4.99 Å². The molecule has 0 spiro atoms. The summed E-state index contributed by atoms with van der Waals surface area (Å²) in [6.07, 6.45) is 1.56. The van der Waals surface area contributed by atoms with Crippen LogP contribution in [0.15, 0.2) is 58.1 Å². The van der Waals surface area contributed by atoms with Gasteiger partial charge in [0.2, 0.25) is 0 Å². The van der Waals surface area contributed by atoms with E-state index in [4.69, 9.17) is 14.4 Å². The van der Waals surface area contributed by atoms with E-state index >= 15 is 0 Å². The average Bonchev–Trinajstić information content (AvgIpc) is 3.25. The minimum absolute atomic E-state index is 0. The number of hydrogen-bond donors (Lipinski definition) is 3. The van der Waals surface area contributed by atoms with Crippen molar-refractivity contribution in [1.82, 2.24) is 15.6 Å². The number of halogens is 1. The van der Waals surface area contributed by atoms with Crippen LogP contribution in [0.4, 0.5) is 5.82 Å². The lowest BCUT2D eigenvalue weighted by atomic mass is 10.0. The summed E-state index contributed by atoms with van der Waals surface area (Å²) < 4.78 is 5.34. The van der Waals surface area contributed by atoms with Crippen LogP contribution in [0.2, 0.25) is 0 Å². The first-order valence-corrected chi connectivity index (χ1v) is 9.75. The molecular formula is C22H30IN5O2. The number of benzene rings is 1. The number of rotatable bonds is 7. The van der Waals surface area contributed by atoms with Crippen LogP contribution in [0.3, 0.4) is 0 Å². The van der Waals surface area contributed by atoms with Gasteiger partial charge in [0.15, 0.2) is 5.96 Å². The molecule has 0 aliphatic carbocycles. The Morgan fingerprint density at radius 3 is 2.63 bits per heavy atom. The summed E-state index contributed by atoms with van der Waals surface area (Å²) in [5.74, 6) is 2.04. The van der Waals surface area contributed by atoms with Crippen molar-refractivity contribution in [1.29, 1.82) is 0 Å². The van der Waals surface area contributed by atoms with E-state index in [2.05, 4.69) is 22.8 Å². The number of furan rings is 1. The minimum Gasteiger partial charge on any atom is -0.466 e. The summed E-state index contributed by atoms with van der Waals surface area (Å²) in [5, 5.41) is 18.2. The van der Waals surface area contributed by atoms with Crippen LogP contribution in [0.5, 0.6) is 0 Å². The van der Waals surface area contributed by atoms with Crippen LogP contribution >= 0.6 is 24.0 Å². The van der Waals surface area contributed by atoms with Gasteiger partial charge >= 0.3 is 0 Å². The molecule has 162 valence electrons. The lowest BCUT2D eigenvalue weighted by Crippen LogP contribution is -2.44. The second-order valence-corrected chi connectivity index (χ2v) is 7.35. The zero-order chi connectivity index (χ0) is 20.9. The minimum atomic E-state index is -1.14. The Bertz CT molecular complexity index is 971. The Morgan fingerprint density at radius 2 is 1.97 bits per heavy atom. The van der Waals surface area contributed by atoms with Gasteiger partial charge in [-0.3, -0.25) is 0 Å². The quantitative estimate of drug-likeness (QED) is 0.250. The third-order valence-corrected chi connectivity index (χ3v) is 4.65. The van der Waals surface area contributed by atoms with Gasteiger partial charge < -0.3 is 25.1 Å². The second kappa shape index (κ2) is 10.6. The fourth-order valence-electron chi connectivity index (χ4n) is 3.03. The van der Waals surface area contributed by atoms with E-state index in [-0.39, 0.29) is 30.5 Å². The van der Waals surface area contributed by atoms with Crippen LogP contribution in [-0.2, 0) is 12.1 Å². The van der Waals surface area contributed by atoms with E-state index in [1.165, 1.54) is 0 Å². The van der Waals surface area contributed by atoms with Gasteiger partial charge in [-0.15, -0.1) is 24.0 Å². The van der Waals surface area contributed by atoms with Crippen molar-refractivity contribution >= 4 is 46.7 Å². The van der Waals surface area contributed by atoms with Gasteiger partial charge in [-0.1, -0.05) is 18.2 Å². The molecular weight excluding hydrogens is 493 g/mol. The first-order chi connectivity index (χ1) is 13.9. The Morgan fingerprint density at radius 1 is 1.20 bits per heavy atom. The van der Waals surface area contributed by atoms with Crippen LogP contribution in [0, 0.1) is 0 Å². The van der Waals surface area contributed by atoms with E-state index in [0.717, 1.165) is 28.8 Å². The zero-order valence-electron chi connectivity index (χ0n) is 17.8. The molecule has 0 fully saturated rings. The lowest BCUT2D eigenvalue weighted by Gasteiger charge is -2.22. The number of nitrogens with one attached hydrogen (secondary N) is 2. The number of aromatic nitrogens is 1. The molecule has 3 aromatic rings. The van der Waals surface area contributed by atoms with Gasteiger partial charge in [-0.25, -0.2) is 9.98 Å². The highest BCUT2D eigenvalue weighted by Crippen LogP contribution is 2.23. The van der Waals surface area contributed by atoms with Crippen LogP contribution in [0.1, 0.15) is 25.2 Å². The predicted octanol–water partition coefficient (Wildman–Crippen LogP) is 3.47. The Balaban J connectivity index is 0.00000320. The van der Waals surface area contributed by atoms with Gasteiger partial charge in [0.1, 0.15) is 17.2 Å². The molecule has 3 rings (SSSR count). The third-order valence-electron chi connectivity index (χ3n) is 4.65. The van der Waals surface area contributed by atoms with Crippen LogP contribution < -0.4 is 15.5 Å². The molecule has 7 nitrogen and oxygen atoms in total. The highest BCUT2D eigenvalue weighted by atomic mass is 127. The normalized spacial score (nSPS) is 13.4. The van der Waals surface area contributed by atoms with Gasteiger partial charge in [0, 0.05) is 26.0 Å². The lowest BCUT2D eigenvalue weighted by molar-refractivity contribution is 0.0386. The smallest absolute Gasteiger partial charge is 0.191 e. The Labute approximate surface area is 194 Å². The number of hydrogen-bond acceptors (Lipinski definition) is 5. The molecule has 1 atom stereocenters. The molecule has 0 aliphatic heterocycles. The standard InChI is InChI=1S/C22H29N5O2.HI/c1-5-23-21(25-15-22(2,28)19-11-8-12-29-19)24-14-16-13-20(27(3)4)26-18-10-7-6-9-17(16)18;/h6-13,28H,5,14-15H2,1-4H3,(H2,23,24,25);1H. The first kappa shape index (κ1) is 23.9. The van der Waals surface area contributed by atoms with E-state index in [1.54, 1.807) is 25.3 Å². The van der Waals surface area contributed by atoms with Gasteiger partial charge in [0.25, 0.3) is 0 Å². The predicted molar refractivity (Wildman–Crippen MR) is 133 cm³/mol. The molecule has 1 unspecified atom stereocenters. The number of para-hydroxylation sites is 1. The van der Waals surface area contributed by atoms with Crippen molar-refractivity contribution in [2.45, 2.75) is 26.0 Å². The number of nitrogens with zero attached hydrogens (tertiary/aromatic N) is 3. The molecule has 3 N–H and O–H groups in total. The van der Waals surface area contributed by atoms with Crippen molar-refractivity contribution in [3.63, 3.8) is 0 Å². The third kappa shape index (κ3) is 5.85. The van der Waals surface area contributed by atoms with E-state index in [1.807, 2.05) is 44.1 Å². The first-order valence-electron chi connectivity index (χ1n) is 9.75. The van der Waals surface area contributed by atoms with E-state index in [9.17, 15) is 5.11 Å². The molecule has 30 heavy (non-hydrogen) atoms. The number of aliphatic imine (C=N–C) groups is 1. The molecule has 8 heteroatoms. The topological polar surface area (TPSA) is 85.9 Å². The number of fused-ring (bicyclic) bond motifs is 1. The van der Waals surface area contributed by atoms with Gasteiger partial charge in [0.05, 0.1) is 24.9 Å². The maximum Gasteiger partial charge on any atom is 0.191 e. The fraction of sp³-hybridized carbons (Fsp3) is 0.364. The molecule has 0 aliphatic rings. The summed E-state index contributed by atoms with van der Waals surface area (Å²) >= 11 is 0. The highest BCUT2D eigenvalue weighted by molar-refractivity contribution is 14.0. The maximum absolute atomic E-state index is 10.7. The largest absolute Gasteiger partial charge is 0.466 e. The maximum atomic E-state index is 10.7. The fourth-order valence-corrected chi connectivity index (χ4v) is 3.03. The SMILES string of the molecule is CCNC(=NCc1cc(N(C)C)nc2ccccc12)NCC(C)(O)c1ccco1.I. The summed E-state index contributed by atoms with van der Waals surface area (Å²) in [6, 6.07) is 13.7. The molecule has 0 saturated heterocycles. The monoisotopic (exact) mass is 523 g/mol. The molecule has 2 aromatic heterocycles. The molecule has 1 aromatic carbocycles. The number of aliphatic hydroxyl groups is 1. The number of anilines is 1. The van der Waals surface area contributed by atoms with Gasteiger partial charge in [-0.2, -0.15) is 0 Å². The summed E-state index contributed by atoms with van der Waals surface area (Å²) in [7, 11) is 3.96. The van der Waals surface area contributed by atoms with Gasteiger partial charge in [-0.05, 0) is 43.7 Å². The molecule has 0 radical (unpaired) electrons. The molecule has 0 amide bonds. The molecule has 0 saturated carbocycles. The number of guanidine groups is 1. The summed E-state index contributed by atoms with van der Waals surface area (Å²) in [6.45, 7) is 5.19. The van der Waals surface area contributed by atoms with Crippen molar-refractivity contribution in [3.05, 3.63) is 60.1 Å². The Kier molecular flexibility index (Phi) is 8.48. The highest BCUT2D eigenvalue weighted by Gasteiger charge is 2.26. The van der Waals surface area contributed by atoms with Crippen LogP contribution in [0.25, 0.3) is 10.9 Å². The van der Waals surface area contributed by atoms with Crippen molar-refractivity contribution < 1.29 is 9.52 Å². The van der Waals surface area contributed by atoms with E-state index < -0.39 is 5.60 Å². The van der Waals surface area contributed by atoms with Crippen LogP contribution in [-0.4, -0.2) is 43.2 Å². The van der Waals surface area contributed by atoms with Crippen molar-refractivity contribution in [3.8, 4) is 0 Å². The average molecular weight is 523 g/mol. The number of pyridine rings is 1. The summed E-state index contributed by atoms with van der Waals surface area (Å²) in [5.41, 5.74) is 0.901.